The Morgan fingerprint density at radius 3 is 2.76 bits per heavy atom. The third kappa shape index (κ3) is 3.74. The zero-order chi connectivity index (χ0) is 23.2. The number of rotatable bonds is 4. The number of urea groups is 1. The molecule has 0 aromatic heterocycles. The number of imide groups is 1. The Kier molecular flexibility index (Phi) is 5.68. The van der Waals surface area contributed by atoms with E-state index >= 15 is 0 Å². The highest BCUT2D eigenvalue weighted by Crippen LogP contribution is 2.45. The van der Waals surface area contributed by atoms with Crippen LogP contribution in [0.15, 0.2) is 42.0 Å². The number of anilines is 1. The Labute approximate surface area is 201 Å². The topological polar surface area (TPSA) is 73.0 Å². The molecule has 7 nitrogen and oxygen atoms in total. The highest BCUT2D eigenvalue weighted by atomic mass is 16.2. The van der Waals surface area contributed by atoms with Crippen LogP contribution in [0.4, 0.5) is 10.5 Å². The van der Waals surface area contributed by atoms with E-state index in [2.05, 4.69) is 21.2 Å². The fourth-order valence-electron chi connectivity index (χ4n) is 7.21. The molecule has 1 N–H and O–H groups in total. The molecule has 4 saturated heterocycles. The molecule has 0 saturated carbocycles. The number of hydrogen-bond donors (Lipinski definition) is 1. The fraction of sp³-hybridized carbons (Fsp3) is 0.593. The maximum absolute atomic E-state index is 13.4. The maximum Gasteiger partial charge on any atom is 0.329 e. The number of nitrogens with zero attached hydrogens (tertiary/aromatic N) is 3. The Hall–Kier alpha value is -2.67. The number of likely N-dealkylation sites (tertiary alicyclic amines) is 1. The van der Waals surface area contributed by atoms with Crippen LogP contribution in [0.25, 0.3) is 0 Å². The van der Waals surface area contributed by atoms with Gasteiger partial charge in [0, 0.05) is 25.6 Å². The summed E-state index contributed by atoms with van der Waals surface area (Å²) in [6, 6.07) is 8.83. The molecule has 2 bridgehead atoms. The van der Waals surface area contributed by atoms with Crippen LogP contribution in [0.1, 0.15) is 51.4 Å². The lowest BCUT2D eigenvalue weighted by molar-refractivity contribution is -0.136. The molecule has 180 valence electrons. The van der Waals surface area contributed by atoms with E-state index in [4.69, 9.17) is 0 Å². The van der Waals surface area contributed by atoms with Gasteiger partial charge in [0.25, 0.3) is 5.91 Å². The number of carbonyl (C=O) groups excluding carboxylic acids is 3. The van der Waals surface area contributed by atoms with Gasteiger partial charge in [0.05, 0.1) is 11.7 Å². The minimum Gasteiger partial charge on any atom is -0.336 e. The Balaban J connectivity index is 1.13. The monoisotopic (exact) mass is 462 g/mol. The summed E-state index contributed by atoms with van der Waals surface area (Å²) in [7, 11) is 0. The SMILES string of the molecule is O=C1NC(CCC(=O)N2CCCC3=CC4CC(CN5CCCCC45)C32)C(=O)N1c1ccccc1. The number of fused-ring (bicyclic) bond motifs is 6. The lowest BCUT2D eigenvalue weighted by Crippen LogP contribution is -2.60. The number of amides is 4. The van der Waals surface area contributed by atoms with Gasteiger partial charge in [-0.15, -0.1) is 0 Å². The third-order valence-corrected chi connectivity index (χ3v) is 8.66. The van der Waals surface area contributed by atoms with E-state index < -0.39 is 12.1 Å². The van der Waals surface area contributed by atoms with Crippen LogP contribution >= 0.6 is 0 Å². The van der Waals surface area contributed by atoms with Gasteiger partial charge in [0.15, 0.2) is 0 Å². The molecule has 5 aliphatic rings. The molecular formula is C27H34N4O3. The van der Waals surface area contributed by atoms with Gasteiger partial charge in [0.2, 0.25) is 5.91 Å². The molecule has 4 aliphatic heterocycles. The normalized spacial score (nSPS) is 33.2. The van der Waals surface area contributed by atoms with Gasteiger partial charge in [-0.3, -0.25) is 14.5 Å². The quantitative estimate of drug-likeness (QED) is 0.550. The van der Waals surface area contributed by atoms with Gasteiger partial charge < -0.3 is 10.2 Å². The average molecular weight is 463 g/mol. The second-order valence-corrected chi connectivity index (χ2v) is 10.6. The molecule has 5 atom stereocenters. The summed E-state index contributed by atoms with van der Waals surface area (Å²) in [6.45, 7) is 3.10. The van der Waals surface area contributed by atoms with Gasteiger partial charge in [-0.05, 0) is 69.0 Å². The molecule has 4 fully saturated rings. The van der Waals surface area contributed by atoms with E-state index in [0.29, 0.717) is 30.0 Å². The van der Waals surface area contributed by atoms with Crippen molar-refractivity contribution in [1.82, 2.24) is 15.1 Å². The first-order valence-corrected chi connectivity index (χ1v) is 13.0. The van der Waals surface area contributed by atoms with Gasteiger partial charge in [-0.2, -0.15) is 0 Å². The summed E-state index contributed by atoms with van der Waals surface area (Å²) in [5, 5.41) is 2.78. The number of nitrogens with one attached hydrogen (secondary N) is 1. The fourth-order valence-corrected chi connectivity index (χ4v) is 7.21. The molecule has 4 heterocycles. The molecular weight excluding hydrogens is 428 g/mol. The average Bonchev–Trinajstić information content (AvgIpc) is 3.15. The first-order valence-electron chi connectivity index (χ1n) is 13.0. The molecule has 1 aromatic rings. The highest BCUT2D eigenvalue weighted by Gasteiger charge is 2.47. The van der Waals surface area contributed by atoms with Crippen molar-refractivity contribution in [3.05, 3.63) is 42.0 Å². The van der Waals surface area contributed by atoms with Crippen molar-refractivity contribution in [3.8, 4) is 0 Å². The zero-order valence-electron chi connectivity index (χ0n) is 19.7. The van der Waals surface area contributed by atoms with Crippen LogP contribution in [0.3, 0.4) is 0 Å². The molecule has 4 amide bonds. The van der Waals surface area contributed by atoms with Crippen LogP contribution in [0.2, 0.25) is 0 Å². The second-order valence-electron chi connectivity index (χ2n) is 10.6. The maximum atomic E-state index is 13.4. The van der Waals surface area contributed by atoms with Crippen molar-refractivity contribution in [2.75, 3.05) is 24.5 Å². The van der Waals surface area contributed by atoms with Gasteiger partial charge in [0.1, 0.15) is 6.04 Å². The minimum atomic E-state index is -0.643. The molecule has 34 heavy (non-hydrogen) atoms. The molecule has 1 aromatic carbocycles. The number of carbonyl (C=O) groups is 3. The molecule has 5 unspecified atom stereocenters. The summed E-state index contributed by atoms with van der Waals surface area (Å²) in [5.74, 6) is 1.02. The predicted molar refractivity (Wildman–Crippen MR) is 129 cm³/mol. The molecule has 0 spiro atoms. The summed E-state index contributed by atoms with van der Waals surface area (Å²) in [5.41, 5.74) is 2.04. The summed E-state index contributed by atoms with van der Waals surface area (Å²) < 4.78 is 0. The predicted octanol–water partition coefficient (Wildman–Crippen LogP) is 3.31. The number of piperidine rings is 3. The number of para-hydroxylation sites is 1. The standard InChI is InChI=1S/C27H34N4O3/c32-24(12-11-22-26(33)31(27(34)28-22)21-8-2-1-3-9-21)30-14-6-7-18-15-19-16-20(25(18)30)17-29-13-5-4-10-23(19)29/h1-3,8-9,15,19-20,22-23,25H,4-7,10-14,16-17H2,(H,28,34). The first-order chi connectivity index (χ1) is 16.6. The molecule has 7 heteroatoms. The summed E-state index contributed by atoms with van der Waals surface area (Å²) >= 11 is 0. The van der Waals surface area contributed by atoms with Crippen molar-refractivity contribution in [3.63, 3.8) is 0 Å². The first kappa shape index (κ1) is 21.8. The van der Waals surface area contributed by atoms with E-state index in [9.17, 15) is 14.4 Å². The van der Waals surface area contributed by atoms with E-state index in [0.717, 1.165) is 25.9 Å². The summed E-state index contributed by atoms with van der Waals surface area (Å²) in [6.07, 6.45) is 10.4. The van der Waals surface area contributed by atoms with Crippen LogP contribution < -0.4 is 10.2 Å². The van der Waals surface area contributed by atoms with Crippen LogP contribution in [-0.2, 0) is 9.59 Å². The van der Waals surface area contributed by atoms with Crippen LogP contribution in [-0.4, -0.2) is 65.4 Å². The van der Waals surface area contributed by atoms with Crippen molar-refractivity contribution in [2.45, 2.75) is 69.5 Å². The van der Waals surface area contributed by atoms with E-state index in [1.54, 1.807) is 24.3 Å². The zero-order valence-corrected chi connectivity index (χ0v) is 19.7. The lowest BCUT2D eigenvalue weighted by Gasteiger charge is -2.54. The van der Waals surface area contributed by atoms with E-state index in [1.807, 2.05) is 6.07 Å². The second kappa shape index (κ2) is 8.84. The lowest BCUT2D eigenvalue weighted by atomic mass is 9.68. The highest BCUT2D eigenvalue weighted by molar-refractivity contribution is 6.21. The van der Waals surface area contributed by atoms with Gasteiger partial charge >= 0.3 is 6.03 Å². The third-order valence-electron chi connectivity index (χ3n) is 8.66. The largest absolute Gasteiger partial charge is 0.336 e. The number of benzene rings is 1. The van der Waals surface area contributed by atoms with E-state index in [-0.39, 0.29) is 24.3 Å². The number of hydrogen-bond acceptors (Lipinski definition) is 4. The van der Waals surface area contributed by atoms with Gasteiger partial charge in [-0.25, -0.2) is 9.69 Å². The van der Waals surface area contributed by atoms with Crippen molar-refractivity contribution < 1.29 is 14.4 Å². The minimum absolute atomic E-state index is 0.120. The smallest absolute Gasteiger partial charge is 0.329 e. The molecule has 0 radical (unpaired) electrons. The van der Waals surface area contributed by atoms with Crippen molar-refractivity contribution >= 4 is 23.5 Å². The van der Waals surface area contributed by atoms with E-state index in [1.165, 1.54) is 42.7 Å². The Bertz CT molecular complexity index is 1010. The molecule has 6 rings (SSSR count). The van der Waals surface area contributed by atoms with Crippen molar-refractivity contribution in [2.24, 2.45) is 11.8 Å². The molecule has 1 aliphatic carbocycles. The van der Waals surface area contributed by atoms with Gasteiger partial charge in [-0.1, -0.05) is 36.3 Å². The Morgan fingerprint density at radius 1 is 1.06 bits per heavy atom. The Morgan fingerprint density at radius 2 is 1.91 bits per heavy atom. The summed E-state index contributed by atoms with van der Waals surface area (Å²) in [4.78, 5) is 44.8. The van der Waals surface area contributed by atoms with Crippen LogP contribution in [0.5, 0.6) is 0 Å². The van der Waals surface area contributed by atoms with Crippen LogP contribution in [0, 0.1) is 11.8 Å². The van der Waals surface area contributed by atoms with Crippen molar-refractivity contribution in [1.29, 1.82) is 0 Å².